The maximum Gasteiger partial charge on any atom is 0.121 e. The first-order valence-electron chi connectivity index (χ1n) is 5.28. The molecule has 0 aromatic heterocycles. The minimum absolute atomic E-state index is 0.189. The zero-order valence-electron chi connectivity index (χ0n) is 9.57. The summed E-state index contributed by atoms with van der Waals surface area (Å²) in [6, 6.07) is 7.58. The second kappa shape index (κ2) is 3.51. The highest BCUT2D eigenvalue weighted by Gasteiger charge is 2.41. The molecule has 0 aliphatic carbocycles. The first-order chi connectivity index (χ1) is 7.06. The van der Waals surface area contributed by atoms with Gasteiger partial charge in [0.15, 0.2) is 0 Å². The van der Waals surface area contributed by atoms with Gasteiger partial charge in [-0.05, 0) is 27.1 Å². The van der Waals surface area contributed by atoms with Crippen molar-refractivity contribution in [2.45, 2.75) is 12.6 Å². The van der Waals surface area contributed by atoms with Crippen molar-refractivity contribution in [2.24, 2.45) is 0 Å². The van der Waals surface area contributed by atoms with E-state index in [1.807, 2.05) is 18.2 Å². The number of hydrogen-bond acceptors (Lipinski definition) is 3. The fraction of sp³-hybridized carbons (Fsp3) is 0.500. The lowest BCUT2D eigenvalue weighted by molar-refractivity contribution is 0.0634. The van der Waals surface area contributed by atoms with Crippen molar-refractivity contribution < 1.29 is 5.11 Å². The smallest absolute Gasteiger partial charge is 0.121 e. The summed E-state index contributed by atoms with van der Waals surface area (Å²) in [5.74, 6) is 0.376. The summed E-state index contributed by atoms with van der Waals surface area (Å²) in [4.78, 5) is 4.53. The molecule has 3 nitrogen and oxygen atoms in total. The summed E-state index contributed by atoms with van der Waals surface area (Å²) >= 11 is 0. The van der Waals surface area contributed by atoms with Gasteiger partial charge in [-0.3, -0.25) is 9.80 Å². The third-order valence-electron chi connectivity index (χ3n) is 3.67. The molecule has 0 atom stereocenters. The number of para-hydroxylation sites is 1. The molecule has 0 radical (unpaired) electrons. The summed E-state index contributed by atoms with van der Waals surface area (Å²) in [5.41, 5.74) is 0.790. The fourth-order valence-electron chi connectivity index (χ4n) is 2.31. The Morgan fingerprint density at radius 2 is 1.67 bits per heavy atom. The van der Waals surface area contributed by atoms with E-state index in [-0.39, 0.29) is 5.66 Å². The van der Waals surface area contributed by atoms with E-state index >= 15 is 0 Å². The van der Waals surface area contributed by atoms with E-state index in [1.165, 1.54) is 0 Å². The molecule has 2 rings (SSSR count). The molecule has 0 amide bonds. The van der Waals surface area contributed by atoms with Crippen LogP contribution in [0.25, 0.3) is 0 Å². The minimum atomic E-state index is -0.189. The second-order valence-corrected chi connectivity index (χ2v) is 4.38. The van der Waals surface area contributed by atoms with Gasteiger partial charge in [0, 0.05) is 18.7 Å². The molecule has 82 valence electrons. The molecule has 1 aliphatic rings. The second-order valence-electron chi connectivity index (χ2n) is 4.38. The van der Waals surface area contributed by atoms with Crippen LogP contribution in [-0.4, -0.2) is 42.1 Å². The lowest BCUT2D eigenvalue weighted by Gasteiger charge is -2.38. The van der Waals surface area contributed by atoms with E-state index in [0.717, 1.165) is 18.7 Å². The van der Waals surface area contributed by atoms with Gasteiger partial charge in [-0.15, -0.1) is 0 Å². The van der Waals surface area contributed by atoms with Gasteiger partial charge < -0.3 is 5.11 Å². The predicted octanol–water partition coefficient (Wildman–Crippen LogP) is 1.44. The topological polar surface area (TPSA) is 26.7 Å². The van der Waals surface area contributed by atoms with Gasteiger partial charge in [-0.2, -0.15) is 0 Å². The quantitative estimate of drug-likeness (QED) is 0.753. The molecule has 1 aliphatic heterocycles. The molecule has 1 N–H and O–H groups in total. The van der Waals surface area contributed by atoms with Gasteiger partial charge in [0.25, 0.3) is 0 Å². The minimum Gasteiger partial charge on any atom is -0.508 e. The molecular formula is C12H18N2O. The van der Waals surface area contributed by atoms with E-state index in [9.17, 15) is 5.11 Å². The maximum absolute atomic E-state index is 9.92. The van der Waals surface area contributed by atoms with Crippen LogP contribution in [0.2, 0.25) is 0 Å². The number of rotatable bonds is 1. The van der Waals surface area contributed by atoms with Crippen molar-refractivity contribution in [3.8, 4) is 5.75 Å². The van der Waals surface area contributed by atoms with Crippen molar-refractivity contribution in [3.05, 3.63) is 29.8 Å². The van der Waals surface area contributed by atoms with Crippen LogP contribution in [0.4, 0.5) is 0 Å². The Kier molecular flexibility index (Phi) is 2.44. The monoisotopic (exact) mass is 206 g/mol. The van der Waals surface area contributed by atoms with Crippen LogP contribution >= 0.6 is 0 Å². The molecule has 0 spiro atoms. The van der Waals surface area contributed by atoms with Crippen molar-refractivity contribution >= 4 is 0 Å². The number of phenolic OH excluding ortho intramolecular Hbond substituents is 1. The highest BCUT2D eigenvalue weighted by molar-refractivity contribution is 5.37. The van der Waals surface area contributed by atoms with E-state index in [1.54, 1.807) is 6.07 Å². The summed E-state index contributed by atoms with van der Waals surface area (Å²) in [6.07, 6.45) is 0. The standard InChI is InChI=1S/C12H18N2O/c1-12(13(2)8-9-14(12)3)10-6-4-5-7-11(10)15/h4-7,15H,8-9H2,1-3H3. The van der Waals surface area contributed by atoms with Gasteiger partial charge in [0.2, 0.25) is 0 Å². The van der Waals surface area contributed by atoms with Crippen LogP contribution in [-0.2, 0) is 5.66 Å². The molecule has 1 saturated heterocycles. The van der Waals surface area contributed by atoms with Crippen molar-refractivity contribution in [1.82, 2.24) is 9.80 Å². The largest absolute Gasteiger partial charge is 0.508 e. The average Bonchev–Trinajstić information content (AvgIpc) is 2.48. The Balaban J connectivity index is 2.49. The van der Waals surface area contributed by atoms with Gasteiger partial charge in [0.05, 0.1) is 0 Å². The molecule has 1 fully saturated rings. The number of nitrogens with zero attached hydrogens (tertiary/aromatic N) is 2. The third kappa shape index (κ3) is 1.43. The number of likely N-dealkylation sites (N-methyl/N-ethyl adjacent to an activating group) is 2. The Hall–Kier alpha value is -1.06. The fourth-order valence-corrected chi connectivity index (χ4v) is 2.31. The average molecular weight is 206 g/mol. The molecular weight excluding hydrogens is 188 g/mol. The Morgan fingerprint density at radius 1 is 1.13 bits per heavy atom. The molecule has 0 saturated carbocycles. The first kappa shape index (κ1) is 10.5. The van der Waals surface area contributed by atoms with Gasteiger partial charge >= 0.3 is 0 Å². The van der Waals surface area contributed by atoms with Crippen LogP contribution in [0.15, 0.2) is 24.3 Å². The zero-order valence-corrected chi connectivity index (χ0v) is 9.57. The van der Waals surface area contributed by atoms with Crippen LogP contribution in [0.1, 0.15) is 12.5 Å². The SMILES string of the molecule is CN1CCN(C)C1(C)c1ccccc1O. The summed E-state index contributed by atoms with van der Waals surface area (Å²) in [6.45, 7) is 4.21. The molecule has 0 unspecified atom stereocenters. The normalized spacial score (nSPS) is 22.1. The zero-order chi connectivity index (χ0) is 11.1. The number of hydrogen-bond donors (Lipinski definition) is 1. The Labute approximate surface area is 90.9 Å². The number of benzene rings is 1. The first-order valence-corrected chi connectivity index (χ1v) is 5.28. The summed E-state index contributed by atoms with van der Waals surface area (Å²) in [7, 11) is 4.19. The molecule has 1 aromatic carbocycles. The Morgan fingerprint density at radius 3 is 2.20 bits per heavy atom. The van der Waals surface area contributed by atoms with Crippen LogP contribution in [0.3, 0.4) is 0 Å². The molecule has 1 aromatic rings. The van der Waals surface area contributed by atoms with Gasteiger partial charge in [0.1, 0.15) is 11.4 Å². The van der Waals surface area contributed by atoms with E-state index in [4.69, 9.17) is 0 Å². The lowest BCUT2D eigenvalue weighted by atomic mass is 9.99. The number of aromatic hydroxyl groups is 1. The van der Waals surface area contributed by atoms with Gasteiger partial charge in [-0.1, -0.05) is 18.2 Å². The molecule has 3 heteroatoms. The highest BCUT2D eigenvalue weighted by atomic mass is 16.3. The highest BCUT2D eigenvalue weighted by Crippen LogP contribution is 2.38. The number of phenols is 1. The lowest BCUT2D eigenvalue weighted by Crippen LogP contribution is -2.44. The maximum atomic E-state index is 9.92. The Bertz CT molecular complexity index is 354. The van der Waals surface area contributed by atoms with E-state index in [0.29, 0.717) is 5.75 Å². The molecule has 1 heterocycles. The van der Waals surface area contributed by atoms with Crippen molar-refractivity contribution in [3.63, 3.8) is 0 Å². The van der Waals surface area contributed by atoms with Crippen LogP contribution in [0.5, 0.6) is 5.75 Å². The molecule has 15 heavy (non-hydrogen) atoms. The van der Waals surface area contributed by atoms with E-state index in [2.05, 4.69) is 30.8 Å². The van der Waals surface area contributed by atoms with Crippen molar-refractivity contribution in [1.29, 1.82) is 0 Å². The van der Waals surface area contributed by atoms with Gasteiger partial charge in [-0.25, -0.2) is 0 Å². The van der Waals surface area contributed by atoms with Crippen LogP contribution < -0.4 is 0 Å². The van der Waals surface area contributed by atoms with E-state index < -0.39 is 0 Å². The van der Waals surface area contributed by atoms with Crippen LogP contribution in [0, 0.1) is 0 Å². The summed E-state index contributed by atoms with van der Waals surface area (Å²) < 4.78 is 0. The molecule has 0 bridgehead atoms. The summed E-state index contributed by atoms with van der Waals surface area (Å²) in [5, 5.41) is 9.92. The third-order valence-corrected chi connectivity index (χ3v) is 3.67. The predicted molar refractivity (Wildman–Crippen MR) is 60.7 cm³/mol. The van der Waals surface area contributed by atoms with Crippen molar-refractivity contribution in [2.75, 3.05) is 27.2 Å².